The number of carbonyl (C=O) groups is 1. The summed E-state index contributed by atoms with van der Waals surface area (Å²) in [6, 6.07) is 19.6. The minimum atomic E-state index is -0.485. The normalized spacial score (nSPS) is 15.5. The molecule has 0 saturated carbocycles. The van der Waals surface area contributed by atoms with Crippen molar-refractivity contribution in [1.29, 1.82) is 0 Å². The zero-order chi connectivity index (χ0) is 20.4. The van der Waals surface area contributed by atoms with Crippen LogP contribution in [0.1, 0.15) is 43.6 Å². The Morgan fingerprint density at radius 3 is 2.41 bits per heavy atom. The highest BCUT2D eigenvalue weighted by molar-refractivity contribution is 5.77. The Kier molecular flexibility index (Phi) is 4.92. The molecule has 2 heterocycles. The highest BCUT2D eigenvalue weighted by Gasteiger charge is 2.42. The number of nitrogens with one attached hydrogen (secondary N) is 2. The van der Waals surface area contributed by atoms with Gasteiger partial charge in [-0.3, -0.25) is 0 Å². The first kappa shape index (κ1) is 18.9. The molecule has 1 atom stereocenters. The quantitative estimate of drug-likeness (QED) is 0.678. The predicted octanol–water partition coefficient (Wildman–Crippen LogP) is 4.74. The first-order valence-corrected chi connectivity index (χ1v) is 9.76. The Labute approximate surface area is 171 Å². The van der Waals surface area contributed by atoms with Crippen LogP contribution in [-0.2, 0) is 12.1 Å². The van der Waals surface area contributed by atoms with Gasteiger partial charge >= 0.3 is 6.03 Å². The Bertz CT molecular complexity index is 1000. The summed E-state index contributed by atoms with van der Waals surface area (Å²) in [5.41, 5.74) is 3.35. The lowest BCUT2D eigenvalue weighted by atomic mass is 9.97. The van der Waals surface area contributed by atoms with Crippen molar-refractivity contribution in [3.63, 3.8) is 0 Å². The number of benzene rings is 2. The molecule has 2 aromatic carbocycles. The number of fused-ring (bicyclic) bond motifs is 1. The molecule has 1 aliphatic rings. The number of hydrogen-bond donors (Lipinski definition) is 2. The van der Waals surface area contributed by atoms with Gasteiger partial charge in [-0.2, -0.15) is 0 Å². The van der Waals surface area contributed by atoms with Gasteiger partial charge in [0, 0.05) is 17.4 Å². The van der Waals surface area contributed by atoms with Crippen LogP contribution in [0.4, 0.5) is 16.4 Å². The van der Waals surface area contributed by atoms with Crippen LogP contribution in [0.25, 0.3) is 0 Å². The summed E-state index contributed by atoms with van der Waals surface area (Å²) >= 11 is 0. The Morgan fingerprint density at radius 2 is 1.72 bits per heavy atom. The van der Waals surface area contributed by atoms with Crippen LogP contribution in [0.3, 0.4) is 0 Å². The summed E-state index contributed by atoms with van der Waals surface area (Å²) < 4.78 is 0. The van der Waals surface area contributed by atoms with E-state index < -0.39 is 5.54 Å². The minimum Gasteiger partial charge on any atom is -0.331 e. The Morgan fingerprint density at radius 1 is 1.07 bits per heavy atom. The molecule has 6 heteroatoms. The van der Waals surface area contributed by atoms with E-state index in [9.17, 15) is 4.79 Å². The highest BCUT2D eigenvalue weighted by Crippen LogP contribution is 2.38. The Hall–Kier alpha value is -3.41. The lowest BCUT2D eigenvalue weighted by molar-refractivity contribution is 0.142. The van der Waals surface area contributed by atoms with Crippen molar-refractivity contribution < 1.29 is 4.79 Å². The second-order valence-corrected chi connectivity index (χ2v) is 7.77. The number of carbonyl (C=O) groups excluding carboxylic acids is 1. The molecular weight excluding hydrogens is 362 g/mol. The van der Waals surface area contributed by atoms with Gasteiger partial charge in [0.2, 0.25) is 5.95 Å². The summed E-state index contributed by atoms with van der Waals surface area (Å²) in [5, 5.41) is 6.32. The second-order valence-electron chi connectivity index (χ2n) is 7.77. The number of para-hydroxylation sites is 1. The summed E-state index contributed by atoms with van der Waals surface area (Å²) in [6.07, 6.45) is 1.82. The Balaban J connectivity index is 1.51. The van der Waals surface area contributed by atoms with E-state index in [1.165, 1.54) is 0 Å². The van der Waals surface area contributed by atoms with E-state index in [-0.39, 0.29) is 12.1 Å². The number of aromatic nitrogens is 2. The van der Waals surface area contributed by atoms with Gasteiger partial charge in [0.25, 0.3) is 0 Å². The van der Waals surface area contributed by atoms with Gasteiger partial charge in [0.15, 0.2) is 0 Å². The van der Waals surface area contributed by atoms with E-state index in [4.69, 9.17) is 0 Å². The first-order chi connectivity index (χ1) is 13.9. The average molecular weight is 387 g/mol. The maximum atomic E-state index is 13.0. The standard InChI is InChI=1S/C23H25N5O/c1-16(17-10-6-4-7-11-17)25-22(29)28-15-20-19(23(28,2)3)14-24-21(27-20)26-18-12-8-5-9-13-18/h4-14,16H,15H2,1-3H3,(H,25,29)(H,24,26,27)/t16-/m0/s1. The van der Waals surface area contributed by atoms with E-state index in [1.54, 1.807) is 0 Å². The monoisotopic (exact) mass is 387 g/mol. The van der Waals surface area contributed by atoms with Crippen LogP contribution in [0, 0.1) is 0 Å². The average Bonchev–Trinajstić information content (AvgIpc) is 2.99. The van der Waals surface area contributed by atoms with Crippen molar-refractivity contribution in [1.82, 2.24) is 20.2 Å². The smallest absolute Gasteiger partial charge is 0.318 e. The number of amides is 2. The summed E-state index contributed by atoms with van der Waals surface area (Å²) in [7, 11) is 0. The summed E-state index contributed by atoms with van der Waals surface area (Å²) in [5.74, 6) is 0.533. The molecule has 148 valence electrons. The molecule has 0 saturated heterocycles. The maximum Gasteiger partial charge on any atom is 0.318 e. The fourth-order valence-corrected chi connectivity index (χ4v) is 3.67. The number of anilines is 2. The van der Waals surface area contributed by atoms with Crippen molar-refractivity contribution >= 4 is 17.7 Å². The van der Waals surface area contributed by atoms with E-state index in [0.717, 1.165) is 22.5 Å². The molecule has 1 aliphatic heterocycles. The van der Waals surface area contributed by atoms with Gasteiger partial charge < -0.3 is 15.5 Å². The van der Waals surface area contributed by atoms with E-state index >= 15 is 0 Å². The maximum absolute atomic E-state index is 13.0. The topological polar surface area (TPSA) is 70.2 Å². The van der Waals surface area contributed by atoms with E-state index in [0.29, 0.717) is 12.5 Å². The van der Waals surface area contributed by atoms with E-state index in [2.05, 4.69) is 20.6 Å². The lowest BCUT2D eigenvalue weighted by Gasteiger charge is -2.33. The molecule has 0 spiro atoms. The van der Waals surface area contributed by atoms with Crippen molar-refractivity contribution in [2.75, 3.05) is 5.32 Å². The van der Waals surface area contributed by atoms with Crippen LogP contribution < -0.4 is 10.6 Å². The van der Waals surface area contributed by atoms with Gasteiger partial charge in [-0.15, -0.1) is 0 Å². The second kappa shape index (κ2) is 7.54. The van der Waals surface area contributed by atoms with Crippen LogP contribution >= 0.6 is 0 Å². The van der Waals surface area contributed by atoms with Crippen molar-refractivity contribution in [3.8, 4) is 0 Å². The largest absolute Gasteiger partial charge is 0.331 e. The predicted molar refractivity (Wildman–Crippen MR) is 114 cm³/mol. The molecule has 29 heavy (non-hydrogen) atoms. The summed E-state index contributed by atoms with van der Waals surface area (Å²) in [6.45, 7) is 6.49. The van der Waals surface area contributed by atoms with Crippen LogP contribution in [0.2, 0.25) is 0 Å². The lowest BCUT2D eigenvalue weighted by Crippen LogP contribution is -2.46. The molecule has 2 N–H and O–H groups in total. The molecule has 0 bridgehead atoms. The minimum absolute atomic E-state index is 0.0791. The summed E-state index contributed by atoms with van der Waals surface area (Å²) in [4.78, 5) is 24.0. The molecule has 2 amide bonds. The van der Waals surface area contributed by atoms with Crippen LogP contribution in [0.5, 0.6) is 0 Å². The van der Waals surface area contributed by atoms with Gasteiger partial charge in [-0.1, -0.05) is 48.5 Å². The van der Waals surface area contributed by atoms with Crippen LogP contribution in [0.15, 0.2) is 66.9 Å². The third-order valence-corrected chi connectivity index (χ3v) is 5.42. The molecule has 6 nitrogen and oxygen atoms in total. The van der Waals surface area contributed by atoms with Crippen molar-refractivity contribution in [2.24, 2.45) is 0 Å². The number of urea groups is 1. The molecule has 0 radical (unpaired) electrons. The fraction of sp³-hybridized carbons (Fsp3) is 0.261. The first-order valence-electron chi connectivity index (χ1n) is 9.76. The molecular formula is C23H25N5O. The third kappa shape index (κ3) is 3.78. The molecule has 0 fully saturated rings. The molecule has 3 aromatic rings. The van der Waals surface area contributed by atoms with Gasteiger partial charge in [0.05, 0.1) is 23.8 Å². The zero-order valence-electron chi connectivity index (χ0n) is 16.9. The third-order valence-electron chi connectivity index (χ3n) is 5.42. The van der Waals surface area contributed by atoms with Crippen molar-refractivity contribution in [3.05, 3.63) is 83.7 Å². The highest BCUT2D eigenvalue weighted by atomic mass is 16.2. The zero-order valence-corrected chi connectivity index (χ0v) is 16.9. The number of hydrogen-bond acceptors (Lipinski definition) is 4. The van der Waals surface area contributed by atoms with Gasteiger partial charge in [-0.25, -0.2) is 14.8 Å². The molecule has 1 aromatic heterocycles. The fourth-order valence-electron chi connectivity index (χ4n) is 3.67. The van der Waals surface area contributed by atoms with E-state index in [1.807, 2.05) is 92.5 Å². The van der Waals surface area contributed by atoms with Crippen molar-refractivity contribution in [2.45, 2.75) is 38.9 Å². The number of nitrogens with zero attached hydrogens (tertiary/aromatic N) is 3. The number of rotatable bonds is 4. The molecule has 0 aliphatic carbocycles. The molecule has 4 rings (SSSR count). The van der Waals surface area contributed by atoms with Gasteiger partial charge in [0.1, 0.15) is 0 Å². The van der Waals surface area contributed by atoms with Crippen LogP contribution in [-0.4, -0.2) is 20.9 Å². The van der Waals surface area contributed by atoms with Gasteiger partial charge in [-0.05, 0) is 38.5 Å². The SMILES string of the molecule is C[C@H](NC(=O)N1Cc2nc(Nc3ccccc3)ncc2C1(C)C)c1ccccc1. The molecule has 0 unspecified atom stereocenters.